The molecule has 3 aromatic carbocycles. The summed E-state index contributed by atoms with van der Waals surface area (Å²) in [6.07, 6.45) is 1.14. The maximum atomic E-state index is 14.1. The molecule has 2 amide bonds. The molecule has 41 heavy (non-hydrogen) atoms. The summed E-state index contributed by atoms with van der Waals surface area (Å²) in [6, 6.07) is 20.9. The third-order valence-corrected chi connectivity index (χ3v) is 7.54. The van der Waals surface area contributed by atoms with E-state index >= 15 is 0 Å². The van der Waals surface area contributed by atoms with Gasteiger partial charge in [-0.2, -0.15) is 0 Å². The van der Waals surface area contributed by atoms with Gasteiger partial charge in [-0.05, 0) is 30.0 Å². The molecule has 10 nitrogen and oxygen atoms in total. The van der Waals surface area contributed by atoms with Gasteiger partial charge in [0.25, 0.3) is 5.69 Å². The van der Waals surface area contributed by atoms with Crippen LogP contribution in [-0.2, 0) is 32.6 Å². The van der Waals surface area contributed by atoms with E-state index in [2.05, 4.69) is 5.32 Å². The third kappa shape index (κ3) is 9.14. The quantitative estimate of drug-likeness (QED) is 0.240. The van der Waals surface area contributed by atoms with Crippen LogP contribution < -0.4 is 9.62 Å². The van der Waals surface area contributed by atoms with Crippen molar-refractivity contribution in [2.45, 2.75) is 39.8 Å². The molecule has 218 valence electrons. The van der Waals surface area contributed by atoms with E-state index in [0.29, 0.717) is 6.54 Å². The van der Waals surface area contributed by atoms with Gasteiger partial charge in [0.15, 0.2) is 0 Å². The Morgan fingerprint density at radius 1 is 0.951 bits per heavy atom. The van der Waals surface area contributed by atoms with Crippen LogP contribution >= 0.6 is 0 Å². The molecule has 3 aromatic rings. The lowest BCUT2D eigenvalue weighted by atomic mass is 10.0. The molecule has 0 saturated heterocycles. The Bertz CT molecular complexity index is 1480. The summed E-state index contributed by atoms with van der Waals surface area (Å²) in [5, 5.41) is 14.3. The Balaban J connectivity index is 2.07. The van der Waals surface area contributed by atoms with Gasteiger partial charge in [0.2, 0.25) is 21.8 Å². The first-order chi connectivity index (χ1) is 19.3. The molecule has 1 atom stereocenters. The van der Waals surface area contributed by atoms with Gasteiger partial charge in [-0.25, -0.2) is 8.42 Å². The van der Waals surface area contributed by atoms with Gasteiger partial charge in [-0.3, -0.25) is 24.0 Å². The van der Waals surface area contributed by atoms with Crippen molar-refractivity contribution in [3.63, 3.8) is 0 Å². The number of hydrogen-bond acceptors (Lipinski definition) is 6. The van der Waals surface area contributed by atoms with Crippen LogP contribution in [0.25, 0.3) is 0 Å². The van der Waals surface area contributed by atoms with E-state index in [1.165, 1.54) is 23.1 Å². The molecule has 0 aromatic heterocycles. The van der Waals surface area contributed by atoms with Crippen LogP contribution in [-0.4, -0.2) is 55.4 Å². The molecule has 0 unspecified atom stereocenters. The summed E-state index contributed by atoms with van der Waals surface area (Å²) < 4.78 is 26.5. The highest BCUT2D eigenvalue weighted by molar-refractivity contribution is 7.92. The standard InChI is InChI=1S/C30H36N4O6S/c1-22(2)19-31-30(36)28(17-24-11-6-5-7-12-24)32(20-25-13-8-10-23(3)16-25)29(35)21-33(41(4,39)40)26-14-9-15-27(18-26)34(37)38/h5-16,18,22,28H,17,19-21H2,1-4H3,(H,31,36)/t28-/m1/s1. The van der Waals surface area contributed by atoms with E-state index < -0.39 is 33.4 Å². The Hall–Kier alpha value is -4.25. The number of rotatable bonds is 13. The van der Waals surface area contributed by atoms with Gasteiger partial charge in [0.1, 0.15) is 12.6 Å². The summed E-state index contributed by atoms with van der Waals surface area (Å²) in [5.41, 5.74) is 2.24. The number of sulfonamides is 1. The molecule has 0 heterocycles. The Kier molecular flexibility index (Phi) is 10.6. The van der Waals surface area contributed by atoms with Crippen molar-refractivity contribution in [3.8, 4) is 0 Å². The molecule has 1 N–H and O–H groups in total. The minimum atomic E-state index is -4.03. The second-order valence-electron chi connectivity index (χ2n) is 10.4. The van der Waals surface area contributed by atoms with Crippen molar-refractivity contribution >= 4 is 33.2 Å². The predicted molar refractivity (Wildman–Crippen MR) is 159 cm³/mol. The molecule has 0 fully saturated rings. The van der Waals surface area contributed by atoms with Gasteiger partial charge in [0.05, 0.1) is 16.9 Å². The fraction of sp³-hybridized carbons (Fsp3) is 0.333. The Labute approximate surface area is 241 Å². The Morgan fingerprint density at radius 2 is 1.61 bits per heavy atom. The number of carbonyl (C=O) groups is 2. The Morgan fingerprint density at radius 3 is 2.22 bits per heavy atom. The minimum Gasteiger partial charge on any atom is -0.354 e. The maximum absolute atomic E-state index is 14.1. The zero-order valence-electron chi connectivity index (χ0n) is 23.7. The SMILES string of the molecule is Cc1cccc(CN(C(=O)CN(c2cccc([N+](=O)[O-])c2)S(C)(=O)=O)[C@H](Cc2ccccc2)C(=O)NCC(C)C)c1. The number of amides is 2. The summed E-state index contributed by atoms with van der Waals surface area (Å²) >= 11 is 0. The van der Waals surface area contributed by atoms with E-state index in [-0.39, 0.29) is 36.2 Å². The largest absolute Gasteiger partial charge is 0.354 e. The molecular weight excluding hydrogens is 544 g/mol. The van der Waals surface area contributed by atoms with E-state index in [1.54, 1.807) is 0 Å². The average molecular weight is 581 g/mol. The first kappa shape index (κ1) is 31.3. The van der Waals surface area contributed by atoms with Gasteiger partial charge >= 0.3 is 0 Å². The minimum absolute atomic E-state index is 0.0191. The van der Waals surface area contributed by atoms with Crippen molar-refractivity contribution < 1.29 is 22.9 Å². The van der Waals surface area contributed by atoms with Crippen LogP contribution in [0.2, 0.25) is 0 Å². The second kappa shape index (κ2) is 13.9. The molecule has 3 rings (SSSR count). The van der Waals surface area contributed by atoms with Crippen LogP contribution in [0.1, 0.15) is 30.5 Å². The summed E-state index contributed by atoms with van der Waals surface area (Å²) in [4.78, 5) is 39.8. The first-order valence-corrected chi connectivity index (χ1v) is 15.1. The molecule has 0 aliphatic rings. The summed E-state index contributed by atoms with van der Waals surface area (Å²) in [7, 11) is -4.03. The summed E-state index contributed by atoms with van der Waals surface area (Å²) in [6.45, 7) is 5.66. The van der Waals surface area contributed by atoms with Crippen molar-refractivity contribution in [3.05, 3.63) is 106 Å². The van der Waals surface area contributed by atoms with E-state index in [9.17, 15) is 28.1 Å². The monoisotopic (exact) mass is 580 g/mol. The summed E-state index contributed by atoms with van der Waals surface area (Å²) in [5.74, 6) is -0.805. The number of carbonyl (C=O) groups excluding carboxylic acids is 2. The molecular formula is C30H36N4O6S. The van der Waals surface area contributed by atoms with Gasteiger partial charge in [-0.15, -0.1) is 0 Å². The molecule has 0 saturated carbocycles. The normalized spacial score (nSPS) is 12.0. The van der Waals surface area contributed by atoms with Crippen LogP contribution in [0.15, 0.2) is 78.9 Å². The van der Waals surface area contributed by atoms with Crippen molar-refractivity contribution in [2.75, 3.05) is 23.7 Å². The zero-order chi connectivity index (χ0) is 30.2. The van der Waals surface area contributed by atoms with Crippen molar-refractivity contribution in [1.82, 2.24) is 10.2 Å². The molecule has 11 heteroatoms. The van der Waals surface area contributed by atoms with Crippen LogP contribution in [0.5, 0.6) is 0 Å². The molecule has 0 bridgehead atoms. The highest BCUT2D eigenvalue weighted by Crippen LogP contribution is 2.24. The average Bonchev–Trinajstić information content (AvgIpc) is 2.92. The molecule has 0 spiro atoms. The number of nitro groups is 1. The van der Waals surface area contributed by atoms with Crippen LogP contribution in [0.3, 0.4) is 0 Å². The molecule has 0 aliphatic carbocycles. The number of benzene rings is 3. The lowest BCUT2D eigenvalue weighted by molar-refractivity contribution is -0.384. The molecule has 0 aliphatic heterocycles. The smallest absolute Gasteiger partial charge is 0.271 e. The fourth-order valence-electron chi connectivity index (χ4n) is 4.36. The van der Waals surface area contributed by atoms with E-state index in [0.717, 1.165) is 33.3 Å². The topological polar surface area (TPSA) is 130 Å². The van der Waals surface area contributed by atoms with Gasteiger partial charge < -0.3 is 10.2 Å². The van der Waals surface area contributed by atoms with Gasteiger partial charge in [-0.1, -0.05) is 80.1 Å². The predicted octanol–water partition coefficient (Wildman–Crippen LogP) is 4.08. The lowest BCUT2D eigenvalue weighted by Gasteiger charge is -2.33. The van der Waals surface area contributed by atoms with Crippen LogP contribution in [0.4, 0.5) is 11.4 Å². The second-order valence-corrected chi connectivity index (χ2v) is 12.3. The molecule has 0 radical (unpaired) electrons. The lowest BCUT2D eigenvalue weighted by Crippen LogP contribution is -2.53. The number of nitrogens with one attached hydrogen (secondary N) is 1. The third-order valence-electron chi connectivity index (χ3n) is 6.40. The van der Waals surface area contributed by atoms with Crippen molar-refractivity contribution in [1.29, 1.82) is 0 Å². The number of nitrogens with zero attached hydrogens (tertiary/aromatic N) is 3. The van der Waals surface area contributed by atoms with E-state index in [4.69, 9.17) is 0 Å². The number of anilines is 1. The maximum Gasteiger partial charge on any atom is 0.271 e. The van der Waals surface area contributed by atoms with Crippen LogP contribution in [0, 0.1) is 23.0 Å². The number of aryl methyl sites for hydroxylation is 1. The van der Waals surface area contributed by atoms with Gasteiger partial charge in [0, 0.05) is 31.6 Å². The number of nitro benzene ring substituents is 1. The number of non-ortho nitro benzene ring substituents is 1. The first-order valence-electron chi connectivity index (χ1n) is 13.2. The number of hydrogen-bond donors (Lipinski definition) is 1. The highest BCUT2D eigenvalue weighted by Gasteiger charge is 2.33. The fourth-order valence-corrected chi connectivity index (χ4v) is 5.20. The zero-order valence-corrected chi connectivity index (χ0v) is 24.5. The highest BCUT2D eigenvalue weighted by atomic mass is 32.2. The van der Waals surface area contributed by atoms with Crippen molar-refractivity contribution in [2.24, 2.45) is 5.92 Å². The van der Waals surface area contributed by atoms with E-state index in [1.807, 2.05) is 75.4 Å².